The van der Waals surface area contributed by atoms with E-state index in [0.717, 1.165) is 6.42 Å². The minimum absolute atomic E-state index is 0.431. The number of ether oxygens (including phenoxy) is 1. The molecule has 0 aromatic heterocycles. The zero-order chi connectivity index (χ0) is 16.3. The number of aliphatic carboxylic acids is 1. The standard InChI is InChI=1S/C17H29NO4/c1-17(2,3)22-16(21)18-10-9-13(11-14(18)15(19)20)12-7-5-4-6-8-12/h12-14H,4-11H2,1-3H3,(H,19,20)/t13-,14-/m1/s1. The lowest BCUT2D eigenvalue weighted by Gasteiger charge is -2.41. The van der Waals surface area contributed by atoms with E-state index in [1.807, 2.05) is 0 Å². The highest BCUT2D eigenvalue weighted by Gasteiger charge is 2.40. The van der Waals surface area contributed by atoms with E-state index >= 15 is 0 Å². The molecule has 126 valence electrons. The SMILES string of the molecule is CC(C)(C)OC(=O)N1CC[C@@H](C2CCCCC2)C[C@@H]1C(=O)O. The summed E-state index contributed by atoms with van der Waals surface area (Å²) in [5.74, 6) is 0.155. The molecule has 1 amide bonds. The average molecular weight is 311 g/mol. The molecule has 1 saturated carbocycles. The van der Waals surface area contributed by atoms with Crippen molar-refractivity contribution in [2.24, 2.45) is 11.8 Å². The second kappa shape index (κ2) is 6.88. The Bertz CT molecular complexity index is 409. The Morgan fingerprint density at radius 1 is 1.05 bits per heavy atom. The van der Waals surface area contributed by atoms with Gasteiger partial charge in [-0.2, -0.15) is 0 Å². The summed E-state index contributed by atoms with van der Waals surface area (Å²) in [5, 5.41) is 9.52. The van der Waals surface area contributed by atoms with Gasteiger partial charge in [0.1, 0.15) is 11.6 Å². The van der Waals surface area contributed by atoms with E-state index in [-0.39, 0.29) is 0 Å². The summed E-state index contributed by atoms with van der Waals surface area (Å²) in [6.07, 6.45) is 7.21. The number of rotatable bonds is 2. The van der Waals surface area contributed by atoms with E-state index < -0.39 is 23.7 Å². The van der Waals surface area contributed by atoms with Crippen molar-refractivity contribution in [2.45, 2.75) is 77.4 Å². The van der Waals surface area contributed by atoms with Crippen LogP contribution in [0, 0.1) is 11.8 Å². The topological polar surface area (TPSA) is 66.8 Å². The predicted octanol–water partition coefficient (Wildman–Crippen LogP) is 3.67. The van der Waals surface area contributed by atoms with Crippen molar-refractivity contribution in [1.29, 1.82) is 0 Å². The molecule has 0 bridgehead atoms. The van der Waals surface area contributed by atoms with Gasteiger partial charge in [0, 0.05) is 6.54 Å². The molecule has 2 aliphatic rings. The van der Waals surface area contributed by atoms with E-state index in [1.54, 1.807) is 20.8 Å². The fraction of sp³-hybridized carbons (Fsp3) is 0.882. The molecular formula is C17H29NO4. The van der Waals surface area contributed by atoms with Gasteiger partial charge in [0.2, 0.25) is 0 Å². The smallest absolute Gasteiger partial charge is 0.411 e. The van der Waals surface area contributed by atoms with Gasteiger partial charge in [-0.25, -0.2) is 9.59 Å². The maximum absolute atomic E-state index is 12.3. The lowest BCUT2D eigenvalue weighted by atomic mass is 9.74. The minimum atomic E-state index is -0.911. The summed E-state index contributed by atoms with van der Waals surface area (Å²) < 4.78 is 5.36. The molecule has 1 N–H and O–H groups in total. The van der Waals surface area contributed by atoms with E-state index in [2.05, 4.69) is 0 Å². The number of carboxylic acid groups (broad SMARTS) is 1. The highest BCUT2D eigenvalue weighted by molar-refractivity contribution is 5.80. The number of piperidine rings is 1. The number of amides is 1. The van der Waals surface area contributed by atoms with E-state index in [1.165, 1.54) is 37.0 Å². The molecule has 0 spiro atoms. The monoisotopic (exact) mass is 311 g/mol. The van der Waals surface area contributed by atoms with Crippen LogP contribution in [0.5, 0.6) is 0 Å². The summed E-state index contributed by atoms with van der Waals surface area (Å²) >= 11 is 0. The van der Waals surface area contributed by atoms with Gasteiger partial charge in [-0.3, -0.25) is 4.90 Å². The fourth-order valence-corrected chi connectivity index (χ4v) is 3.80. The Balaban J connectivity index is 2.01. The maximum atomic E-state index is 12.3. The molecule has 1 aliphatic heterocycles. The molecule has 5 heteroatoms. The first kappa shape index (κ1) is 17.1. The molecule has 0 unspecified atom stereocenters. The lowest BCUT2D eigenvalue weighted by molar-refractivity contribution is -0.145. The molecule has 22 heavy (non-hydrogen) atoms. The van der Waals surface area contributed by atoms with Crippen molar-refractivity contribution in [3.05, 3.63) is 0 Å². The van der Waals surface area contributed by atoms with Gasteiger partial charge >= 0.3 is 12.1 Å². The van der Waals surface area contributed by atoms with E-state index in [9.17, 15) is 14.7 Å². The number of hydrogen-bond acceptors (Lipinski definition) is 3. The first-order chi connectivity index (χ1) is 10.3. The second-order valence-electron chi connectivity index (χ2n) is 7.71. The largest absolute Gasteiger partial charge is 0.480 e. The quantitative estimate of drug-likeness (QED) is 0.845. The van der Waals surface area contributed by atoms with Crippen LogP contribution in [0.25, 0.3) is 0 Å². The third kappa shape index (κ3) is 4.37. The normalized spacial score (nSPS) is 27.5. The number of nitrogens with zero attached hydrogens (tertiary/aromatic N) is 1. The molecule has 0 aromatic carbocycles. The molecule has 0 aromatic rings. The highest BCUT2D eigenvalue weighted by atomic mass is 16.6. The summed E-state index contributed by atoms with van der Waals surface area (Å²) in [5.41, 5.74) is -0.597. The van der Waals surface area contributed by atoms with Gasteiger partial charge in [-0.15, -0.1) is 0 Å². The lowest BCUT2D eigenvalue weighted by Crippen LogP contribution is -2.52. The van der Waals surface area contributed by atoms with Crippen molar-refractivity contribution >= 4 is 12.1 Å². The van der Waals surface area contributed by atoms with E-state index in [0.29, 0.717) is 24.8 Å². The average Bonchev–Trinajstić information content (AvgIpc) is 2.45. The Hall–Kier alpha value is -1.26. The molecule has 2 rings (SSSR count). The highest BCUT2D eigenvalue weighted by Crippen LogP contribution is 2.37. The Morgan fingerprint density at radius 3 is 2.23 bits per heavy atom. The number of carboxylic acids is 1. The van der Waals surface area contributed by atoms with Gasteiger partial charge in [-0.05, 0) is 45.4 Å². The minimum Gasteiger partial charge on any atom is -0.480 e. The van der Waals surface area contributed by atoms with Gasteiger partial charge < -0.3 is 9.84 Å². The number of carbonyl (C=O) groups is 2. The molecule has 1 aliphatic carbocycles. The molecule has 1 saturated heterocycles. The summed E-state index contributed by atoms with van der Waals surface area (Å²) in [4.78, 5) is 25.3. The zero-order valence-corrected chi connectivity index (χ0v) is 14.0. The first-order valence-electron chi connectivity index (χ1n) is 8.50. The summed E-state index contributed by atoms with van der Waals surface area (Å²) in [7, 11) is 0. The van der Waals surface area contributed by atoms with Gasteiger partial charge in [0.05, 0.1) is 0 Å². The third-order valence-electron chi connectivity index (χ3n) is 4.87. The molecule has 2 fully saturated rings. The molecule has 2 atom stereocenters. The zero-order valence-electron chi connectivity index (χ0n) is 14.0. The van der Waals surface area contributed by atoms with Crippen molar-refractivity contribution in [2.75, 3.05) is 6.54 Å². The predicted molar refractivity (Wildman–Crippen MR) is 83.7 cm³/mol. The Labute approximate surface area is 133 Å². The molecular weight excluding hydrogens is 282 g/mol. The van der Waals surface area contributed by atoms with Crippen LogP contribution in [-0.4, -0.2) is 40.3 Å². The fourth-order valence-electron chi connectivity index (χ4n) is 3.80. The van der Waals surface area contributed by atoms with Crippen LogP contribution in [0.4, 0.5) is 4.79 Å². The molecule has 5 nitrogen and oxygen atoms in total. The Kier molecular flexibility index (Phi) is 5.35. The van der Waals surface area contributed by atoms with Crippen molar-refractivity contribution in [1.82, 2.24) is 4.90 Å². The molecule has 0 radical (unpaired) electrons. The maximum Gasteiger partial charge on any atom is 0.411 e. The van der Waals surface area contributed by atoms with Gasteiger partial charge in [0.25, 0.3) is 0 Å². The summed E-state index contributed by atoms with van der Waals surface area (Å²) in [6, 6.07) is -0.740. The summed E-state index contributed by atoms with van der Waals surface area (Å²) in [6.45, 7) is 5.90. The van der Waals surface area contributed by atoms with Gasteiger partial charge in [0.15, 0.2) is 0 Å². The number of likely N-dealkylation sites (tertiary alicyclic amines) is 1. The third-order valence-corrected chi connectivity index (χ3v) is 4.87. The van der Waals surface area contributed by atoms with Crippen molar-refractivity contribution in [3.63, 3.8) is 0 Å². The van der Waals surface area contributed by atoms with Gasteiger partial charge in [-0.1, -0.05) is 32.1 Å². The Morgan fingerprint density at radius 2 is 1.68 bits per heavy atom. The second-order valence-corrected chi connectivity index (χ2v) is 7.71. The van der Waals surface area contributed by atoms with Crippen molar-refractivity contribution in [3.8, 4) is 0 Å². The van der Waals surface area contributed by atoms with Crippen LogP contribution < -0.4 is 0 Å². The number of carbonyl (C=O) groups excluding carboxylic acids is 1. The van der Waals surface area contributed by atoms with E-state index in [4.69, 9.17) is 4.74 Å². The molecule has 1 heterocycles. The van der Waals surface area contributed by atoms with Crippen LogP contribution in [0.2, 0.25) is 0 Å². The first-order valence-corrected chi connectivity index (χ1v) is 8.50. The van der Waals surface area contributed by atoms with Crippen LogP contribution in [0.1, 0.15) is 65.7 Å². The van der Waals surface area contributed by atoms with Crippen LogP contribution in [0.15, 0.2) is 0 Å². The van der Waals surface area contributed by atoms with Crippen LogP contribution in [-0.2, 0) is 9.53 Å². The van der Waals surface area contributed by atoms with Crippen LogP contribution >= 0.6 is 0 Å². The number of hydrogen-bond donors (Lipinski definition) is 1. The van der Waals surface area contributed by atoms with Crippen LogP contribution in [0.3, 0.4) is 0 Å². The van der Waals surface area contributed by atoms with Crippen molar-refractivity contribution < 1.29 is 19.4 Å².